The zero-order valence-electron chi connectivity index (χ0n) is 23.6. The summed E-state index contributed by atoms with van der Waals surface area (Å²) in [6, 6.07) is 22.6. The molecule has 0 aliphatic carbocycles. The largest absolute Gasteiger partial charge is 0.465 e. The van der Waals surface area contributed by atoms with Crippen LogP contribution in [-0.2, 0) is 20.7 Å². The topological polar surface area (TPSA) is 74.2 Å². The summed E-state index contributed by atoms with van der Waals surface area (Å²) in [5.41, 5.74) is 3.18. The second-order valence-corrected chi connectivity index (χ2v) is 9.77. The fourth-order valence-corrected chi connectivity index (χ4v) is 3.91. The van der Waals surface area contributed by atoms with Crippen LogP contribution < -0.4 is 9.47 Å². The van der Waals surface area contributed by atoms with Gasteiger partial charge < -0.3 is 24.1 Å². The first-order valence-electron chi connectivity index (χ1n) is 13.3. The minimum atomic E-state index is -1.73. The van der Waals surface area contributed by atoms with Crippen molar-refractivity contribution in [2.75, 3.05) is 6.61 Å². The molecule has 0 saturated heterocycles. The van der Waals surface area contributed by atoms with Crippen LogP contribution in [-0.4, -0.2) is 35.9 Å². The number of hydrogen-bond donors (Lipinski definition) is 1. The smallest absolute Gasteiger partial charge is 0.376 e. The van der Waals surface area contributed by atoms with E-state index in [1.807, 2.05) is 98.8 Å². The van der Waals surface area contributed by atoms with Crippen molar-refractivity contribution in [1.29, 1.82) is 0 Å². The second kappa shape index (κ2) is 14.9. The number of aliphatic hydroxyl groups excluding tert-OH is 1. The van der Waals surface area contributed by atoms with E-state index in [2.05, 4.69) is 6.58 Å². The van der Waals surface area contributed by atoms with E-state index in [4.69, 9.17) is 18.9 Å². The van der Waals surface area contributed by atoms with E-state index in [1.54, 1.807) is 32.1 Å². The van der Waals surface area contributed by atoms with Gasteiger partial charge in [-0.3, -0.25) is 0 Å². The van der Waals surface area contributed by atoms with Crippen LogP contribution in [0.25, 0.3) is 18.2 Å². The number of rotatable bonds is 14. The number of aliphatic hydroxyl groups is 1. The van der Waals surface area contributed by atoms with Gasteiger partial charge >= 0.3 is 5.97 Å². The summed E-state index contributed by atoms with van der Waals surface area (Å²) in [7, 11) is 0. The number of carbonyl (C=O) groups is 1. The van der Waals surface area contributed by atoms with Crippen molar-refractivity contribution in [3.05, 3.63) is 114 Å². The van der Waals surface area contributed by atoms with E-state index >= 15 is 0 Å². The first-order chi connectivity index (χ1) is 19.2. The van der Waals surface area contributed by atoms with E-state index in [0.29, 0.717) is 18.8 Å². The normalized spacial score (nSPS) is 13.2. The van der Waals surface area contributed by atoms with Gasteiger partial charge in [-0.15, -0.1) is 0 Å². The first-order valence-corrected chi connectivity index (χ1v) is 13.3. The molecule has 0 bridgehead atoms. The van der Waals surface area contributed by atoms with Crippen LogP contribution in [0.4, 0.5) is 0 Å². The van der Waals surface area contributed by atoms with Gasteiger partial charge in [-0.2, -0.15) is 0 Å². The lowest BCUT2D eigenvalue weighted by Gasteiger charge is -2.26. The van der Waals surface area contributed by atoms with Gasteiger partial charge in [-0.05, 0) is 74.2 Å². The lowest BCUT2D eigenvalue weighted by molar-refractivity contribution is -0.181. The quantitative estimate of drug-likeness (QED) is 0.133. The lowest BCUT2D eigenvalue weighted by Crippen LogP contribution is -2.38. The fraction of sp³-hybridized carbons (Fsp3) is 0.265. The molecule has 40 heavy (non-hydrogen) atoms. The maximum absolute atomic E-state index is 12.5. The Morgan fingerprint density at radius 3 is 1.85 bits per heavy atom. The van der Waals surface area contributed by atoms with Crippen LogP contribution in [0.3, 0.4) is 0 Å². The molecular formula is C34H38O6. The van der Waals surface area contributed by atoms with Crippen molar-refractivity contribution >= 4 is 24.2 Å². The van der Waals surface area contributed by atoms with Crippen LogP contribution >= 0.6 is 0 Å². The lowest BCUT2D eigenvalue weighted by atomic mass is 9.97. The Bertz CT molecular complexity index is 1270. The molecule has 6 nitrogen and oxygen atoms in total. The molecule has 0 saturated carbocycles. The highest BCUT2D eigenvalue weighted by atomic mass is 16.7. The molecule has 0 heterocycles. The number of ether oxygens (including phenoxy) is 4. The van der Waals surface area contributed by atoms with Crippen molar-refractivity contribution in [3.8, 4) is 11.5 Å². The third-order valence-corrected chi connectivity index (χ3v) is 5.82. The highest BCUT2D eigenvalue weighted by molar-refractivity contribution is 5.73. The average molecular weight is 543 g/mol. The molecule has 0 aliphatic heterocycles. The van der Waals surface area contributed by atoms with Crippen molar-refractivity contribution in [3.63, 3.8) is 0 Å². The Hall–Kier alpha value is -4.13. The first kappa shape index (κ1) is 30.4. The number of esters is 1. The zero-order chi connectivity index (χ0) is 29.0. The summed E-state index contributed by atoms with van der Waals surface area (Å²) in [4.78, 5) is 12.5. The highest BCUT2D eigenvalue weighted by Gasteiger charge is 2.28. The molecule has 3 rings (SSSR count). The van der Waals surface area contributed by atoms with Gasteiger partial charge in [0.2, 0.25) is 0 Å². The average Bonchev–Trinajstić information content (AvgIpc) is 2.93. The molecule has 2 atom stereocenters. The Labute approximate surface area is 237 Å². The summed E-state index contributed by atoms with van der Waals surface area (Å²) < 4.78 is 22.0. The van der Waals surface area contributed by atoms with Crippen LogP contribution in [0.2, 0.25) is 0 Å². The molecule has 1 N–H and O–H groups in total. The van der Waals surface area contributed by atoms with Gasteiger partial charge in [0.15, 0.2) is 6.29 Å². The molecule has 210 valence electrons. The van der Waals surface area contributed by atoms with Crippen molar-refractivity contribution in [1.82, 2.24) is 0 Å². The molecule has 3 aromatic carbocycles. The summed E-state index contributed by atoms with van der Waals surface area (Å²) in [6.45, 7) is 11.7. The van der Waals surface area contributed by atoms with E-state index in [1.165, 1.54) is 0 Å². The van der Waals surface area contributed by atoms with Gasteiger partial charge in [0.25, 0.3) is 6.29 Å². The molecule has 2 unspecified atom stereocenters. The second-order valence-electron chi connectivity index (χ2n) is 9.77. The van der Waals surface area contributed by atoms with Crippen molar-refractivity contribution in [2.45, 2.75) is 52.3 Å². The Balaban J connectivity index is 1.46. The van der Waals surface area contributed by atoms with Crippen molar-refractivity contribution in [2.24, 2.45) is 0 Å². The standard InChI is InChI=1S/C34H38O6/c1-6-26-12-14-29(15-13-26)24-34(4,5)40-33(36)32(35)39-31-22-18-28(19-23-31)11-9-8-10-27-16-20-30(21-17-27)38-25(3)37-7-2/h6,8-23,25,32,35H,1,7,24H2,2-5H3. The number of benzene rings is 3. The number of allylic oxidation sites excluding steroid dienone is 2. The third-order valence-electron chi connectivity index (χ3n) is 5.82. The van der Waals surface area contributed by atoms with Crippen LogP contribution in [0.1, 0.15) is 49.9 Å². The predicted octanol–water partition coefficient (Wildman–Crippen LogP) is 7.08. The van der Waals surface area contributed by atoms with Crippen molar-refractivity contribution < 1.29 is 28.8 Å². The summed E-state index contributed by atoms with van der Waals surface area (Å²) >= 11 is 0. The van der Waals surface area contributed by atoms with Crippen LogP contribution in [0, 0.1) is 0 Å². The molecule has 0 radical (unpaired) electrons. The summed E-state index contributed by atoms with van der Waals surface area (Å²) in [6.07, 6.45) is 8.05. The predicted molar refractivity (Wildman–Crippen MR) is 160 cm³/mol. The van der Waals surface area contributed by atoms with E-state index in [0.717, 1.165) is 28.0 Å². The van der Waals surface area contributed by atoms with Gasteiger partial charge in [0.1, 0.15) is 17.1 Å². The van der Waals surface area contributed by atoms with E-state index in [-0.39, 0.29) is 6.29 Å². The van der Waals surface area contributed by atoms with E-state index < -0.39 is 17.9 Å². The third kappa shape index (κ3) is 10.2. The molecule has 0 amide bonds. The number of carbonyl (C=O) groups excluding carboxylic acids is 1. The maximum Gasteiger partial charge on any atom is 0.376 e. The molecule has 0 spiro atoms. The minimum absolute atomic E-state index is 0.285. The van der Waals surface area contributed by atoms with Gasteiger partial charge in [0, 0.05) is 13.0 Å². The summed E-state index contributed by atoms with van der Waals surface area (Å²) in [5, 5.41) is 10.3. The van der Waals surface area contributed by atoms with Crippen LogP contribution in [0.5, 0.6) is 11.5 Å². The molecule has 0 aliphatic rings. The van der Waals surface area contributed by atoms with Gasteiger partial charge in [0.05, 0.1) is 0 Å². The van der Waals surface area contributed by atoms with Crippen LogP contribution in [0.15, 0.2) is 91.5 Å². The maximum atomic E-state index is 12.5. The monoisotopic (exact) mass is 542 g/mol. The van der Waals surface area contributed by atoms with Gasteiger partial charge in [-0.25, -0.2) is 4.79 Å². The minimum Gasteiger partial charge on any atom is -0.465 e. The molecule has 0 aromatic heterocycles. The Morgan fingerprint density at radius 1 is 0.850 bits per heavy atom. The molecular weight excluding hydrogens is 504 g/mol. The Morgan fingerprint density at radius 2 is 1.35 bits per heavy atom. The molecule has 6 heteroatoms. The van der Waals surface area contributed by atoms with Gasteiger partial charge in [-0.1, -0.05) is 85.5 Å². The highest BCUT2D eigenvalue weighted by Crippen LogP contribution is 2.21. The zero-order valence-corrected chi connectivity index (χ0v) is 23.6. The fourth-order valence-electron chi connectivity index (χ4n) is 3.91. The summed E-state index contributed by atoms with van der Waals surface area (Å²) in [5.74, 6) is 0.272. The Kier molecular flexibility index (Phi) is 11.3. The molecule has 0 fully saturated rings. The van der Waals surface area contributed by atoms with E-state index in [9.17, 15) is 9.90 Å². The SMILES string of the molecule is C=Cc1ccc(CC(C)(C)OC(=O)C(O)Oc2ccc(C=CC=Cc3ccc(OC(C)OCC)cc3)cc2)cc1. The number of hydrogen-bond acceptors (Lipinski definition) is 6. The molecule has 3 aromatic rings.